The van der Waals surface area contributed by atoms with Crippen LogP contribution in [0.15, 0.2) is 6.07 Å². The standard InChI is InChI=1S/C10H15N5/c1-8-12-9(14(2)3)7-10(13-8)15(4)6-5-11/h7H,6H2,1-4H3. The number of rotatable bonds is 3. The van der Waals surface area contributed by atoms with Crippen molar-refractivity contribution in [2.24, 2.45) is 0 Å². The molecule has 1 aromatic heterocycles. The third-order valence-electron chi connectivity index (χ3n) is 1.97. The Balaban J connectivity index is 3.04. The van der Waals surface area contributed by atoms with E-state index in [-0.39, 0.29) is 0 Å². The Kier molecular flexibility index (Phi) is 3.45. The van der Waals surface area contributed by atoms with E-state index in [1.807, 2.05) is 39.0 Å². The number of aromatic nitrogens is 2. The largest absolute Gasteiger partial charge is 0.363 e. The van der Waals surface area contributed by atoms with E-state index in [9.17, 15) is 0 Å². The number of hydrogen-bond acceptors (Lipinski definition) is 5. The molecule has 0 radical (unpaired) electrons. The summed E-state index contributed by atoms with van der Waals surface area (Å²) in [7, 11) is 5.69. The first kappa shape index (κ1) is 11.2. The maximum Gasteiger partial charge on any atom is 0.134 e. The molecular weight excluding hydrogens is 190 g/mol. The molecule has 0 amide bonds. The summed E-state index contributed by atoms with van der Waals surface area (Å²) in [5.74, 6) is 2.33. The van der Waals surface area contributed by atoms with Gasteiger partial charge in [0.05, 0.1) is 6.07 Å². The Morgan fingerprint density at radius 1 is 1.27 bits per heavy atom. The molecule has 1 heterocycles. The molecule has 0 atom stereocenters. The molecule has 0 aliphatic carbocycles. The number of nitrogens with zero attached hydrogens (tertiary/aromatic N) is 5. The molecule has 5 nitrogen and oxygen atoms in total. The molecule has 1 rings (SSSR count). The molecule has 0 N–H and O–H groups in total. The first-order valence-electron chi connectivity index (χ1n) is 4.65. The van der Waals surface area contributed by atoms with Gasteiger partial charge in [-0.3, -0.25) is 0 Å². The Morgan fingerprint density at radius 3 is 2.40 bits per heavy atom. The first-order chi connectivity index (χ1) is 7.04. The Hall–Kier alpha value is -1.83. The fraction of sp³-hybridized carbons (Fsp3) is 0.500. The summed E-state index contributed by atoms with van der Waals surface area (Å²) in [5.41, 5.74) is 0. The van der Waals surface area contributed by atoms with Crippen molar-refractivity contribution >= 4 is 11.6 Å². The minimum atomic E-state index is 0.323. The second-order valence-electron chi connectivity index (χ2n) is 3.54. The van der Waals surface area contributed by atoms with E-state index < -0.39 is 0 Å². The van der Waals surface area contributed by atoms with Crippen LogP contribution in [0.25, 0.3) is 0 Å². The van der Waals surface area contributed by atoms with Crippen LogP contribution in [0.1, 0.15) is 5.82 Å². The van der Waals surface area contributed by atoms with Crippen molar-refractivity contribution in [3.63, 3.8) is 0 Å². The number of aryl methyl sites for hydroxylation is 1. The molecule has 0 bridgehead atoms. The van der Waals surface area contributed by atoms with Crippen LogP contribution in [0.3, 0.4) is 0 Å². The predicted octanol–water partition coefficient (Wildman–Crippen LogP) is 0.811. The minimum absolute atomic E-state index is 0.323. The third kappa shape index (κ3) is 2.81. The van der Waals surface area contributed by atoms with Crippen molar-refractivity contribution in [2.75, 3.05) is 37.5 Å². The van der Waals surface area contributed by atoms with Gasteiger partial charge in [-0.05, 0) is 6.92 Å². The van der Waals surface area contributed by atoms with Gasteiger partial charge >= 0.3 is 0 Å². The summed E-state index contributed by atoms with van der Waals surface area (Å²) in [6, 6.07) is 3.95. The zero-order valence-electron chi connectivity index (χ0n) is 9.52. The normalized spacial score (nSPS) is 9.53. The lowest BCUT2D eigenvalue weighted by molar-refractivity contribution is 0.932. The van der Waals surface area contributed by atoms with E-state index in [4.69, 9.17) is 5.26 Å². The van der Waals surface area contributed by atoms with Crippen molar-refractivity contribution < 1.29 is 0 Å². The highest BCUT2D eigenvalue weighted by Crippen LogP contribution is 2.15. The molecule has 5 heteroatoms. The molecule has 0 aromatic carbocycles. The highest BCUT2D eigenvalue weighted by atomic mass is 15.2. The molecule has 0 aliphatic heterocycles. The zero-order valence-corrected chi connectivity index (χ0v) is 9.52. The van der Waals surface area contributed by atoms with Gasteiger partial charge in [-0.1, -0.05) is 0 Å². The molecule has 0 saturated carbocycles. The first-order valence-corrected chi connectivity index (χ1v) is 4.65. The summed E-state index contributed by atoms with van der Waals surface area (Å²) in [6.45, 7) is 2.17. The van der Waals surface area contributed by atoms with E-state index >= 15 is 0 Å². The van der Waals surface area contributed by atoms with Gasteiger partial charge in [0.1, 0.15) is 24.0 Å². The van der Waals surface area contributed by atoms with Gasteiger partial charge in [0.15, 0.2) is 0 Å². The summed E-state index contributed by atoms with van der Waals surface area (Å²) in [6.07, 6.45) is 0. The zero-order chi connectivity index (χ0) is 11.4. The number of anilines is 2. The lowest BCUT2D eigenvalue weighted by Gasteiger charge is -2.18. The molecule has 15 heavy (non-hydrogen) atoms. The van der Waals surface area contributed by atoms with Gasteiger partial charge in [-0.25, -0.2) is 9.97 Å². The predicted molar refractivity (Wildman–Crippen MR) is 60.0 cm³/mol. The van der Waals surface area contributed by atoms with E-state index in [0.29, 0.717) is 12.4 Å². The van der Waals surface area contributed by atoms with Gasteiger partial charge in [-0.2, -0.15) is 5.26 Å². The van der Waals surface area contributed by atoms with Crippen molar-refractivity contribution in [2.45, 2.75) is 6.92 Å². The lowest BCUT2D eigenvalue weighted by atomic mass is 10.4. The molecule has 0 spiro atoms. The minimum Gasteiger partial charge on any atom is -0.363 e. The van der Waals surface area contributed by atoms with Gasteiger partial charge in [-0.15, -0.1) is 0 Å². The van der Waals surface area contributed by atoms with Crippen LogP contribution in [0.4, 0.5) is 11.6 Å². The van der Waals surface area contributed by atoms with Crippen LogP contribution in [0.5, 0.6) is 0 Å². The van der Waals surface area contributed by atoms with Gasteiger partial charge in [0, 0.05) is 27.2 Å². The SMILES string of the molecule is Cc1nc(N(C)C)cc(N(C)CC#N)n1. The van der Waals surface area contributed by atoms with Crippen LogP contribution in [0.2, 0.25) is 0 Å². The highest BCUT2D eigenvalue weighted by Gasteiger charge is 2.06. The Bertz CT molecular complexity index is 380. The summed E-state index contributed by atoms with van der Waals surface area (Å²) < 4.78 is 0. The highest BCUT2D eigenvalue weighted by molar-refractivity contribution is 5.50. The average molecular weight is 205 g/mol. The topological polar surface area (TPSA) is 56.1 Å². The molecule has 0 fully saturated rings. The third-order valence-corrected chi connectivity index (χ3v) is 1.97. The van der Waals surface area contributed by atoms with Crippen LogP contribution in [0, 0.1) is 18.3 Å². The smallest absolute Gasteiger partial charge is 0.134 e. The quantitative estimate of drug-likeness (QED) is 0.683. The van der Waals surface area contributed by atoms with Crippen LogP contribution in [-0.2, 0) is 0 Å². The van der Waals surface area contributed by atoms with E-state index in [2.05, 4.69) is 16.0 Å². The van der Waals surface area contributed by atoms with Crippen molar-refractivity contribution in [1.29, 1.82) is 5.26 Å². The molecule has 0 saturated heterocycles. The lowest BCUT2D eigenvalue weighted by Crippen LogP contribution is -2.20. The molecule has 0 unspecified atom stereocenters. The monoisotopic (exact) mass is 205 g/mol. The molecule has 0 aliphatic rings. The van der Waals surface area contributed by atoms with Crippen molar-refractivity contribution in [3.05, 3.63) is 11.9 Å². The average Bonchev–Trinajstić information content (AvgIpc) is 2.17. The fourth-order valence-electron chi connectivity index (χ4n) is 1.15. The Morgan fingerprint density at radius 2 is 1.87 bits per heavy atom. The van der Waals surface area contributed by atoms with E-state index in [1.165, 1.54) is 0 Å². The van der Waals surface area contributed by atoms with Gasteiger partial charge in [0.25, 0.3) is 0 Å². The molecule has 80 valence electrons. The number of nitriles is 1. The van der Waals surface area contributed by atoms with Crippen LogP contribution in [-0.4, -0.2) is 37.7 Å². The van der Waals surface area contributed by atoms with Gasteiger partial charge in [0.2, 0.25) is 0 Å². The molecular formula is C10H15N5. The van der Waals surface area contributed by atoms with E-state index in [1.54, 1.807) is 4.90 Å². The summed E-state index contributed by atoms with van der Waals surface area (Å²) in [5, 5.41) is 8.60. The van der Waals surface area contributed by atoms with Crippen LogP contribution < -0.4 is 9.80 Å². The van der Waals surface area contributed by atoms with Crippen molar-refractivity contribution in [1.82, 2.24) is 9.97 Å². The fourth-order valence-corrected chi connectivity index (χ4v) is 1.15. The Labute approximate surface area is 90.0 Å². The molecule has 1 aromatic rings. The maximum atomic E-state index is 8.60. The van der Waals surface area contributed by atoms with Crippen molar-refractivity contribution in [3.8, 4) is 6.07 Å². The van der Waals surface area contributed by atoms with Gasteiger partial charge < -0.3 is 9.80 Å². The maximum absolute atomic E-state index is 8.60. The van der Waals surface area contributed by atoms with E-state index in [0.717, 1.165) is 11.6 Å². The second-order valence-corrected chi connectivity index (χ2v) is 3.54. The summed E-state index contributed by atoms with van der Waals surface area (Å²) in [4.78, 5) is 12.3. The second kappa shape index (κ2) is 4.60. The van der Waals surface area contributed by atoms with Crippen LogP contribution >= 0.6 is 0 Å². The number of hydrogen-bond donors (Lipinski definition) is 0. The summed E-state index contributed by atoms with van der Waals surface area (Å²) >= 11 is 0.